The molecule has 0 unspecified atom stereocenters. The highest BCUT2D eigenvalue weighted by atomic mass is 16.6. The van der Waals surface area contributed by atoms with Crippen LogP contribution >= 0.6 is 0 Å². The predicted octanol–water partition coefficient (Wildman–Crippen LogP) is 2.91. The number of non-ortho nitro benzene ring substituents is 1. The van der Waals surface area contributed by atoms with Crippen LogP contribution in [-0.4, -0.2) is 16.0 Å². The SMILES string of the molecule is N#Cc1ccccc1Nc1ccc([N+](=O)[O-])cc1C(=O)O. The predicted molar refractivity (Wildman–Crippen MR) is 74.5 cm³/mol. The van der Waals surface area contributed by atoms with Gasteiger partial charge in [-0.15, -0.1) is 0 Å². The van der Waals surface area contributed by atoms with Crippen LogP contribution < -0.4 is 5.32 Å². The van der Waals surface area contributed by atoms with E-state index in [0.717, 1.165) is 6.07 Å². The Morgan fingerprint density at radius 1 is 1.24 bits per heavy atom. The largest absolute Gasteiger partial charge is 0.478 e. The van der Waals surface area contributed by atoms with Crippen molar-refractivity contribution in [2.24, 2.45) is 0 Å². The van der Waals surface area contributed by atoms with Crippen LogP contribution in [0.2, 0.25) is 0 Å². The lowest BCUT2D eigenvalue weighted by Crippen LogP contribution is -2.04. The lowest BCUT2D eigenvalue weighted by molar-refractivity contribution is -0.384. The molecule has 0 bridgehead atoms. The number of nitro benzene ring substituents is 1. The van der Waals surface area contributed by atoms with Gasteiger partial charge in [-0.1, -0.05) is 12.1 Å². The summed E-state index contributed by atoms with van der Waals surface area (Å²) in [6.45, 7) is 0. The van der Waals surface area contributed by atoms with Crippen molar-refractivity contribution in [1.29, 1.82) is 5.26 Å². The third-order valence-corrected chi connectivity index (χ3v) is 2.76. The van der Waals surface area contributed by atoms with E-state index < -0.39 is 10.9 Å². The molecule has 0 aliphatic heterocycles. The molecule has 21 heavy (non-hydrogen) atoms. The summed E-state index contributed by atoms with van der Waals surface area (Å²) in [5, 5.41) is 31.7. The number of anilines is 2. The minimum Gasteiger partial charge on any atom is -0.478 e. The third kappa shape index (κ3) is 2.96. The fourth-order valence-corrected chi connectivity index (χ4v) is 1.77. The summed E-state index contributed by atoms with van der Waals surface area (Å²) in [5.41, 5.74) is 0.391. The van der Waals surface area contributed by atoms with Crippen LogP contribution in [0.5, 0.6) is 0 Å². The standard InChI is InChI=1S/C14H9N3O4/c15-8-9-3-1-2-4-12(9)16-13-6-5-10(17(20)21)7-11(13)14(18)19/h1-7,16H,(H,18,19). The zero-order valence-electron chi connectivity index (χ0n) is 10.6. The number of hydrogen-bond acceptors (Lipinski definition) is 5. The number of nitriles is 1. The van der Waals surface area contributed by atoms with Crippen molar-refractivity contribution in [3.63, 3.8) is 0 Å². The van der Waals surface area contributed by atoms with E-state index in [-0.39, 0.29) is 16.9 Å². The number of aromatic carboxylic acids is 1. The quantitative estimate of drug-likeness (QED) is 0.658. The molecule has 7 heteroatoms. The molecule has 2 N–H and O–H groups in total. The molecule has 2 aromatic carbocycles. The Morgan fingerprint density at radius 2 is 1.95 bits per heavy atom. The molecule has 0 saturated carbocycles. The van der Waals surface area contributed by atoms with E-state index in [9.17, 15) is 14.9 Å². The summed E-state index contributed by atoms with van der Waals surface area (Å²) in [7, 11) is 0. The van der Waals surface area contributed by atoms with Gasteiger partial charge in [0.25, 0.3) is 5.69 Å². The Labute approximate surface area is 119 Å². The van der Waals surface area contributed by atoms with Gasteiger partial charge < -0.3 is 10.4 Å². The number of carbonyl (C=O) groups is 1. The van der Waals surface area contributed by atoms with E-state index in [1.807, 2.05) is 6.07 Å². The van der Waals surface area contributed by atoms with Crippen LogP contribution in [0.3, 0.4) is 0 Å². The van der Waals surface area contributed by atoms with E-state index in [1.54, 1.807) is 24.3 Å². The topological polar surface area (TPSA) is 116 Å². The molecule has 0 aliphatic carbocycles. The second-order valence-electron chi connectivity index (χ2n) is 4.07. The highest BCUT2D eigenvalue weighted by Crippen LogP contribution is 2.26. The van der Waals surface area contributed by atoms with Gasteiger partial charge in [0.05, 0.1) is 27.4 Å². The van der Waals surface area contributed by atoms with Crippen LogP contribution in [0.1, 0.15) is 15.9 Å². The monoisotopic (exact) mass is 283 g/mol. The summed E-state index contributed by atoms with van der Waals surface area (Å²) < 4.78 is 0. The van der Waals surface area contributed by atoms with Crippen molar-refractivity contribution in [2.75, 3.05) is 5.32 Å². The van der Waals surface area contributed by atoms with Gasteiger partial charge in [0.1, 0.15) is 6.07 Å². The number of nitro groups is 1. The normalized spacial score (nSPS) is 9.67. The number of nitrogens with zero attached hydrogens (tertiary/aromatic N) is 2. The molecule has 0 heterocycles. The second-order valence-corrected chi connectivity index (χ2v) is 4.07. The third-order valence-electron chi connectivity index (χ3n) is 2.76. The summed E-state index contributed by atoms with van der Waals surface area (Å²) in [4.78, 5) is 21.2. The van der Waals surface area contributed by atoms with Gasteiger partial charge >= 0.3 is 5.97 Å². The number of para-hydroxylation sites is 1. The van der Waals surface area contributed by atoms with E-state index >= 15 is 0 Å². The van der Waals surface area contributed by atoms with Gasteiger partial charge in [0.15, 0.2) is 0 Å². The molecule has 0 amide bonds. The molecule has 0 radical (unpaired) electrons. The van der Waals surface area contributed by atoms with E-state index in [4.69, 9.17) is 10.4 Å². The molecule has 0 saturated heterocycles. The number of rotatable bonds is 4. The van der Waals surface area contributed by atoms with Crippen molar-refractivity contribution >= 4 is 23.0 Å². The Bertz CT molecular complexity index is 765. The molecule has 2 aromatic rings. The zero-order valence-corrected chi connectivity index (χ0v) is 10.6. The van der Waals surface area contributed by atoms with E-state index in [0.29, 0.717) is 11.3 Å². The van der Waals surface area contributed by atoms with Crippen molar-refractivity contribution in [3.8, 4) is 6.07 Å². The fraction of sp³-hybridized carbons (Fsp3) is 0. The van der Waals surface area contributed by atoms with Gasteiger partial charge in [-0.05, 0) is 18.2 Å². The average molecular weight is 283 g/mol. The number of carboxylic acids is 1. The van der Waals surface area contributed by atoms with Crippen molar-refractivity contribution in [1.82, 2.24) is 0 Å². The van der Waals surface area contributed by atoms with Gasteiger partial charge in [-0.3, -0.25) is 10.1 Å². The summed E-state index contributed by atoms with van der Waals surface area (Å²) >= 11 is 0. The molecule has 104 valence electrons. The molecule has 0 fully saturated rings. The number of hydrogen-bond donors (Lipinski definition) is 2. The Morgan fingerprint density at radius 3 is 2.57 bits per heavy atom. The number of benzene rings is 2. The molecule has 0 aromatic heterocycles. The molecule has 2 rings (SSSR count). The maximum Gasteiger partial charge on any atom is 0.338 e. The van der Waals surface area contributed by atoms with Gasteiger partial charge in [-0.25, -0.2) is 4.79 Å². The number of nitrogens with one attached hydrogen (secondary N) is 1. The maximum atomic E-state index is 11.2. The highest BCUT2D eigenvalue weighted by Gasteiger charge is 2.16. The van der Waals surface area contributed by atoms with Crippen molar-refractivity contribution in [3.05, 3.63) is 63.7 Å². The first-order chi connectivity index (χ1) is 10.0. The van der Waals surface area contributed by atoms with E-state index in [1.165, 1.54) is 12.1 Å². The molecule has 0 aliphatic rings. The Kier molecular flexibility index (Phi) is 3.81. The molecular formula is C14H9N3O4. The van der Waals surface area contributed by atoms with Crippen LogP contribution in [0.4, 0.5) is 17.1 Å². The highest BCUT2D eigenvalue weighted by molar-refractivity contribution is 5.96. The first-order valence-electron chi connectivity index (χ1n) is 5.81. The summed E-state index contributed by atoms with van der Waals surface area (Å²) in [6, 6.07) is 12.0. The van der Waals surface area contributed by atoms with Crippen molar-refractivity contribution in [2.45, 2.75) is 0 Å². The zero-order chi connectivity index (χ0) is 15.4. The van der Waals surface area contributed by atoms with Crippen LogP contribution in [0, 0.1) is 21.4 Å². The molecule has 0 atom stereocenters. The minimum atomic E-state index is -1.30. The van der Waals surface area contributed by atoms with Crippen LogP contribution in [0.15, 0.2) is 42.5 Å². The summed E-state index contributed by atoms with van der Waals surface area (Å²) in [5.74, 6) is -1.30. The minimum absolute atomic E-state index is 0.177. The van der Waals surface area contributed by atoms with Crippen LogP contribution in [-0.2, 0) is 0 Å². The lowest BCUT2D eigenvalue weighted by Gasteiger charge is -2.10. The second kappa shape index (κ2) is 5.71. The Hall–Kier alpha value is -3.40. The van der Waals surface area contributed by atoms with Crippen LogP contribution in [0.25, 0.3) is 0 Å². The van der Waals surface area contributed by atoms with E-state index in [2.05, 4.69) is 5.32 Å². The van der Waals surface area contributed by atoms with Gasteiger partial charge in [0.2, 0.25) is 0 Å². The number of carboxylic acid groups (broad SMARTS) is 1. The maximum absolute atomic E-state index is 11.2. The lowest BCUT2D eigenvalue weighted by atomic mass is 10.1. The average Bonchev–Trinajstić information content (AvgIpc) is 2.47. The molecule has 0 spiro atoms. The fourth-order valence-electron chi connectivity index (χ4n) is 1.77. The van der Waals surface area contributed by atoms with Gasteiger partial charge in [-0.2, -0.15) is 5.26 Å². The van der Waals surface area contributed by atoms with Crippen molar-refractivity contribution < 1.29 is 14.8 Å². The first-order valence-corrected chi connectivity index (χ1v) is 5.81. The summed E-state index contributed by atoms with van der Waals surface area (Å²) in [6.07, 6.45) is 0. The first kappa shape index (κ1) is 14.0. The van der Waals surface area contributed by atoms with Gasteiger partial charge in [0, 0.05) is 12.1 Å². The smallest absolute Gasteiger partial charge is 0.338 e. The molecular weight excluding hydrogens is 274 g/mol. The Balaban J connectivity index is 2.47. The molecule has 7 nitrogen and oxygen atoms in total.